The van der Waals surface area contributed by atoms with Gasteiger partial charge in [0.25, 0.3) is 5.91 Å². The van der Waals surface area contributed by atoms with Gasteiger partial charge in [-0.25, -0.2) is 0 Å². The van der Waals surface area contributed by atoms with E-state index in [1.165, 1.54) is 31.5 Å². The van der Waals surface area contributed by atoms with Crippen molar-refractivity contribution >= 4 is 5.91 Å². The molecule has 148 valence electrons. The van der Waals surface area contributed by atoms with Crippen molar-refractivity contribution < 1.29 is 9.53 Å². The number of ether oxygens (including phenoxy) is 1. The Kier molecular flexibility index (Phi) is 6.31. The number of benzene rings is 1. The first-order valence-corrected chi connectivity index (χ1v) is 10.2. The molecule has 1 unspecified atom stereocenters. The van der Waals surface area contributed by atoms with Crippen LogP contribution in [0.25, 0.3) is 11.3 Å². The highest BCUT2D eigenvalue weighted by atomic mass is 16.5. The molecule has 0 saturated carbocycles. The van der Waals surface area contributed by atoms with Gasteiger partial charge in [0.2, 0.25) is 0 Å². The van der Waals surface area contributed by atoms with Crippen LogP contribution in [-0.4, -0.2) is 61.2 Å². The Balaban J connectivity index is 1.32. The number of pyridine rings is 1. The number of morpholine rings is 1. The van der Waals surface area contributed by atoms with Crippen LogP contribution in [0.2, 0.25) is 0 Å². The van der Waals surface area contributed by atoms with Gasteiger partial charge in [-0.2, -0.15) is 0 Å². The lowest BCUT2D eigenvalue weighted by molar-refractivity contribution is 0.0287. The summed E-state index contributed by atoms with van der Waals surface area (Å²) in [6.45, 7) is 6.22. The number of nitrogens with zero attached hydrogens (tertiary/aromatic N) is 2. The van der Waals surface area contributed by atoms with Gasteiger partial charge >= 0.3 is 0 Å². The molecule has 6 nitrogen and oxygen atoms in total. The summed E-state index contributed by atoms with van der Waals surface area (Å²) < 4.78 is 5.60. The minimum Gasteiger partial charge on any atom is -0.374 e. The molecule has 2 N–H and O–H groups in total. The topological polar surface area (TPSA) is 66.5 Å². The number of carbonyl (C=O) groups is 1. The zero-order valence-electron chi connectivity index (χ0n) is 16.2. The SMILES string of the molecule is O=C(NCC1CNCCO1)c1ccc(-c2ccc(CN3CCCC3)cn2)cc1. The Morgan fingerprint density at radius 3 is 2.68 bits per heavy atom. The summed E-state index contributed by atoms with van der Waals surface area (Å²) in [5.74, 6) is -0.0744. The largest absolute Gasteiger partial charge is 0.374 e. The first-order valence-electron chi connectivity index (χ1n) is 10.2. The lowest BCUT2D eigenvalue weighted by atomic mass is 10.1. The van der Waals surface area contributed by atoms with Crippen LogP contribution in [0.15, 0.2) is 42.6 Å². The van der Waals surface area contributed by atoms with Gasteiger partial charge in [0.1, 0.15) is 0 Å². The number of hydrogen-bond acceptors (Lipinski definition) is 5. The van der Waals surface area contributed by atoms with Crippen LogP contribution < -0.4 is 10.6 Å². The fourth-order valence-corrected chi connectivity index (χ4v) is 3.74. The molecule has 1 aromatic heterocycles. The van der Waals surface area contributed by atoms with Gasteiger partial charge < -0.3 is 15.4 Å². The van der Waals surface area contributed by atoms with Crippen molar-refractivity contribution in [3.63, 3.8) is 0 Å². The highest BCUT2D eigenvalue weighted by molar-refractivity contribution is 5.94. The molecule has 1 amide bonds. The number of amides is 1. The third-order valence-corrected chi connectivity index (χ3v) is 5.37. The fraction of sp³-hybridized carbons (Fsp3) is 0.455. The summed E-state index contributed by atoms with van der Waals surface area (Å²) in [7, 11) is 0. The molecule has 0 bridgehead atoms. The smallest absolute Gasteiger partial charge is 0.251 e. The van der Waals surface area contributed by atoms with Gasteiger partial charge in [0.05, 0.1) is 18.4 Å². The van der Waals surface area contributed by atoms with Crippen molar-refractivity contribution in [2.45, 2.75) is 25.5 Å². The Morgan fingerprint density at radius 1 is 1.18 bits per heavy atom. The van der Waals surface area contributed by atoms with E-state index >= 15 is 0 Å². The molecule has 0 aliphatic carbocycles. The van der Waals surface area contributed by atoms with E-state index in [1.54, 1.807) is 0 Å². The van der Waals surface area contributed by atoms with E-state index in [0.717, 1.165) is 30.9 Å². The van der Waals surface area contributed by atoms with E-state index in [4.69, 9.17) is 4.74 Å². The number of nitrogens with one attached hydrogen (secondary N) is 2. The van der Waals surface area contributed by atoms with Gasteiger partial charge in [-0.05, 0) is 49.7 Å². The van der Waals surface area contributed by atoms with Crippen molar-refractivity contribution in [3.05, 3.63) is 53.7 Å². The number of carbonyl (C=O) groups excluding carboxylic acids is 1. The predicted molar refractivity (Wildman–Crippen MR) is 109 cm³/mol. The van der Waals surface area contributed by atoms with Crippen LogP contribution in [0.1, 0.15) is 28.8 Å². The standard InChI is InChI=1S/C22H28N4O2/c27-22(25-15-20-14-23-9-12-28-20)19-6-4-18(5-7-19)21-8-3-17(13-24-21)16-26-10-1-2-11-26/h3-8,13,20,23H,1-2,9-12,14-16H2,(H,25,27). The van der Waals surface area contributed by atoms with Crippen LogP contribution >= 0.6 is 0 Å². The van der Waals surface area contributed by atoms with E-state index in [1.807, 2.05) is 30.5 Å². The molecule has 2 aromatic rings. The average molecular weight is 380 g/mol. The molecule has 2 aliphatic rings. The summed E-state index contributed by atoms with van der Waals surface area (Å²) in [5.41, 5.74) is 3.85. The maximum atomic E-state index is 12.3. The molecule has 0 radical (unpaired) electrons. The van der Waals surface area contributed by atoms with Gasteiger partial charge in [0.15, 0.2) is 0 Å². The Morgan fingerprint density at radius 2 is 2.00 bits per heavy atom. The second-order valence-corrected chi connectivity index (χ2v) is 7.52. The zero-order chi connectivity index (χ0) is 19.2. The Hall–Kier alpha value is -2.28. The van der Waals surface area contributed by atoms with E-state index in [-0.39, 0.29) is 12.0 Å². The van der Waals surface area contributed by atoms with Crippen LogP contribution in [0, 0.1) is 0 Å². The third-order valence-electron chi connectivity index (χ3n) is 5.37. The van der Waals surface area contributed by atoms with Crippen LogP contribution in [0.3, 0.4) is 0 Å². The molecule has 28 heavy (non-hydrogen) atoms. The normalized spacial score (nSPS) is 20.2. The number of aromatic nitrogens is 1. The first kappa shape index (κ1) is 19.1. The summed E-state index contributed by atoms with van der Waals surface area (Å²) in [6, 6.07) is 11.8. The Labute approximate surface area is 166 Å². The Bertz CT molecular complexity index is 764. The van der Waals surface area contributed by atoms with Crippen molar-refractivity contribution in [2.75, 3.05) is 39.3 Å². The van der Waals surface area contributed by atoms with Crippen molar-refractivity contribution in [1.29, 1.82) is 0 Å². The van der Waals surface area contributed by atoms with Gasteiger partial charge in [-0.1, -0.05) is 18.2 Å². The van der Waals surface area contributed by atoms with Crippen molar-refractivity contribution in [3.8, 4) is 11.3 Å². The molecule has 1 aromatic carbocycles. The predicted octanol–water partition coefficient (Wildman–Crippen LogP) is 2.06. The first-order chi connectivity index (χ1) is 13.8. The molecule has 2 aliphatic heterocycles. The van der Waals surface area contributed by atoms with E-state index in [9.17, 15) is 4.79 Å². The number of hydrogen-bond donors (Lipinski definition) is 2. The second-order valence-electron chi connectivity index (χ2n) is 7.52. The fourth-order valence-electron chi connectivity index (χ4n) is 3.74. The summed E-state index contributed by atoms with van der Waals surface area (Å²) in [5, 5.41) is 6.21. The third kappa shape index (κ3) is 4.95. The van der Waals surface area contributed by atoms with Crippen LogP contribution in [0.5, 0.6) is 0 Å². The van der Waals surface area contributed by atoms with Crippen molar-refractivity contribution in [1.82, 2.24) is 20.5 Å². The van der Waals surface area contributed by atoms with Gasteiger partial charge in [-0.15, -0.1) is 0 Å². The average Bonchev–Trinajstić information content (AvgIpc) is 3.26. The van der Waals surface area contributed by atoms with Crippen LogP contribution in [-0.2, 0) is 11.3 Å². The molecule has 2 saturated heterocycles. The number of likely N-dealkylation sites (tertiary alicyclic amines) is 1. The maximum Gasteiger partial charge on any atom is 0.251 e. The van der Waals surface area contributed by atoms with Gasteiger partial charge in [0, 0.05) is 43.5 Å². The monoisotopic (exact) mass is 380 g/mol. The molecular formula is C22H28N4O2. The minimum absolute atomic E-state index is 0.0419. The van der Waals surface area contributed by atoms with Gasteiger partial charge in [-0.3, -0.25) is 14.7 Å². The highest BCUT2D eigenvalue weighted by Gasteiger charge is 2.15. The molecule has 3 heterocycles. The summed E-state index contributed by atoms with van der Waals surface area (Å²) in [6.07, 6.45) is 4.61. The number of rotatable bonds is 6. The zero-order valence-corrected chi connectivity index (χ0v) is 16.2. The molecule has 0 spiro atoms. The van der Waals surface area contributed by atoms with E-state index in [0.29, 0.717) is 18.7 Å². The molecular weight excluding hydrogens is 352 g/mol. The second kappa shape index (κ2) is 9.28. The van der Waals surface area contributed by atoms with Crippen molar-refractivity contribution in [2.24, 2.45) is 0 Å². The molecule has 4 rings (SSSR count). The minimum atomic E-state index is -0.0744. The molecule has 6 heteroatoms. The lowest BCUT2D eigenvalue weighted by Crippen LogP contribution is -2.45. The summed E-state index contributed by atoms with van der Waals surface area (Å²) >= 11 is 0. The quantitative estimate of drug-likeness (QED) is 0.803. The van der Waals surface area contributed by atoms with E-state index in [2.05, 4.69) is 32.7 Å². The van der Waals surface area contributed by atoms with E-state index < -0.39 is 0 Å². The summed E-state index contributed by atoms with van der Waals surface area (Å²) in [4.78, 5) is 19.4. The molecule has 2 fully saturated rings. The maximum absolute atomic E-state index is 12.3. The highest BCUT2D eigenvalue weighted by Crippen LogP contribution is 2.19. The molecule has 1 atom stereocenters. The van der Waals surface area contributed by atoms with Crippen LogP contribution in [0.4, 0.5) is 0 Å². The lowest BCUT2D eigenvalue weighted by Gasteiger charge is -2.23.